The van der Waals surface area contributed by atoms with Gasteiger partial charge in [-0.15, -0.1) is 0 Å². The van der Waals surface area contributed by atoms with Gasteiger partial charge in [0.15, 0.2) is 0 Å². The maximum Gasteiger partial charge on any atom is 0.311 e. The zero-order chi connectivity index (χ0) is 10.3. The molecule has 1 aliphatic heterocycles. The summed E-state index contributed by atoms with van der Waals surface area (Å²) in [5, 5.41) is 28.1. The lowest BCUT2D eigenvalue weighted by atomic mass is 10.1. The molecule has 0 amide bonds. The number of hydrogen-bond acceptors (Lipinski definition) is 6. The summed E-state index contributed by atoms with van der Waals surface area (Å²) < 4.78 is 5.22. The van der Waals surface area contributed by atoms with Crippen LogP contribution in [0.4, 0.5) is 0 Å². The number of aliphatic hydroxyl groups is 3. The Morgan fingerprint density at radius 1 is 1.43 bits per heavy atom. The molecule has 1 aliphatic carbocycles. The second kappa shape index (κ2) is 3.30. The summed E-state index contributed by atoms with van der Waals surface area (Å²) in [6.07, 6.45) is -2.49. The molecule has 2 rings (SSSR count). The van der Waals surface area contributed by atoms with E-state index in [9.17, 15) is 10.2 Å². The van der Waals surface area contributed by atoms with Crippen molar-refractivity contribution in [2.24, 2.45) is 15.9 Å². The van der Waals surface area contributed by atoms with Gasteiger partial charge in [0.05, 0.1) is 18.6 Å². The highest BCUT2D eigenvalue weighted by molar-refractivity contribution is 5.80. The minimum absolute atomic E-state index is 0.115. The Bertz CT molecular complexity index is 281. The van der Waals surface area contributed by atoms with Crippen molar-refractivity contribution in [1.82, 2.24) is 0 Å². The molecule has 2 aliphatic rings. The quantitative estimate of drug-likeness (QED) is 0.433. The summed E-state index contributed by atoms with van der Waals surface area (Å²) in [5.74, 6) is -0.516. The van der Waals surface area contributed by atoms with Gasteiger partial charge in [-0.25, -0.2) is 9.98 Å². The highest BCUT2D eigenvalue weighted by Gasteiger charge is 2.54. The van der Waals surface area contributed by atoms with E-state index in [-0.39, 0.29) is 12.6 Å². The highest BCUT2D eigenvalue weighted by Crippen LogP contribution is 2.35. The minimum Gasteiger partial charge on any atom is -0.458 e. The normalized spacial score (nSPS) is 45.6. The van der Waals surface area contributed by atoms with Crippen molar-refractivity contribution in [1.29, 1.82) is 0 Å². The second-order valence-corrected chi connectivity index (χ2v) is 3.47. The molecule has 14 heavy (non-hydrogen) atoms. The van der Waals surface area contributed by atoms with Gasteiger partial charge >= 0.3 is 6.02 Å². The van der Waals surface area contributed by atoms with Crippen LogP contribution in [0.15, 0.2) is 9.98 Å². The van der Waals surface area contributed by atoms with Crippen molar-refractivity contribution >= 4 is 12.7 Å². The van der Waals surface area contributed by atoms with Crippen LogP contribution in [0.3, 0.4) is 0 Å². The lowest BCUT2D eigenvalue weighted by Crippen LogP contribution is -2.31. The zero-order valence-electron chi connectivity index (χ0n) is 7.45. The maximum absolute atomic E-state index is 9.57. The number of rotatable bonds is 1. The number of fused-ring (bicyclic) bond motifs is 1. The summed E-state index contributed by atoms with van der Waals surface area (Å²) >= 11 is 0. The molecule has 0 saturated heterocycles. The third kappa shape index (κ3) is 1.15. The third-order valence-corrected chi connectivity index (χ3v) is 2.74. The van der Waals surface area contributed by atoms with Crippen molar-refractivity contribution in [3.8, 4) is 0 Å². The van der Waals surface area contributed by atoms with E-state index in [1.165, 1.54) is 0 Å². The molecule has 0 unspecified atom stereocenters. The first-order valence-electron chi connectivity index (χ1n) is 4.37. The molecule has 0 aromatic carbocycles. The molecule has 1 fully saturated rings. The number of aliphatic imine (C=N–C) groups is 2. The van der Waals surface area contributed by atoms with Gasteiger partial charge in [-0.05, 0) is 6.72 Å². The number of nitrogens with zero attached hydrogens (tertiary/aromatic N) is 2. The van der Waals surface area contributed by atoms with Crippen LogP contribution in [0.5, 0.6) is 0 Å². The monoisotopic (exact) mass is 200 g/mol. The van der Waals surface area contributed by atoms with Crippen LogP contribution in [0.25, 0.3) is 0 Å². The smallest absolute Gasteiger partial charge is 0.311 e. The van der Waals surface area contributed by atoms with Gasteiger partial charge in [0.25, 0.3) is 0 Å². The first kappa shape index (κ1) is 9.57. The van der Waals surface area contributed by atoms with E-state index in [1.807, 2.05) is 0 Å². The maximum atomic E-state index is 9.57. The van der Waals surface area contributed by atoms with Gasteiger partial charge in [0.1, 0.15) is 18.2 Å². The minimum atomic E-state index is -1.00. The molecule has 0 radical (unpaired) electrons. The molecule has 0 aromatic rings. The van der Waals surface area contributed by atoms with Crippen LogP contribution >= 0.6 is 0 Å². The van der Waals surface area contributed by atoms with E-state index in [0.29, 0.717) is 0 Å². The summed E-state index contributed by atoms with van der Waals surface area (Å²) in [5.41, 5.74) is 0. The Morgan fingerprint density at radius 3 is 2.71 bits per heavy atom. The van der Waals surface area contributed by atoms with Crippen molar-refractivity contribution in [3.05, 3.63) is 0 Å². The number of amidine groups is 1. The van der Waals surface area contributed by atoms with Crippen LogP contribution in [0, 0.1) is 5.92 Å². The fourth-order valence-electron chi connectivity index (χ4n) is 1.97. The van der Waals surface area contributed by atoms with Gasteiger partial charge in [0, 0.05) is 0 Å². The molecule has 78 valence electrons. The number of ether oxygens (including phenoxy) is 1. The largest absolute Gasteiger partial charge is 0.458 e. The van der Waals surface area contributed by atoms with Gasteiger partial charge in [-0.2, -0.15) is 0 Å². The molecule has 6 heteroatoms. The Labute approximate surface area is 80.6 Å². The topological polar surface area (TPSA) is 94.6 Å². The molecule has 0 aromatic heterocycles. The SMILES string of the molecule is C=NC1=N[C@@H]2[C@H](O)[C@@H](O)[C@H](CO)[C@@H]2O1. The number of hydrogen-bond donors (Lipinski definition) is 3. The Hall–Kier alpha value is -0.980. The zero-order valence-corrected chi connectivity index (χ0v) is 7.45. The summed E-state index contributed by atoms with van der Waals surface area (Å²) in [4.78, 5) is 7.44. The highest BCUT2D eigenvalue weighted by atomic mass is 16.5. The predicted molar refractivity (Wildman–Crippen MR) is 48.2 cm³/mol. The van der Waals surface area contributed by atoms with Crippen LogP contribution in [0.2, 0.25) is 0 Å². The van der Waals surface area contributed by atoms with Gasteiger partial charge < -0.3 is 20.1 Å². The van der Waals surface area contributed by atoms with Crippen molar-refractivity contribution in [2.75, 3.05) is 6.61 Å². The van der Waals surface area contributed by atoms with E-state index in [2.05, 4.69) is 16.7 Å². The van der Waals surface area contributed by atoms with E-state index >= 15 is 0 Å². The average Bonchev–Trinajstić information content (AvgIpc) is 2.69. The second-order valence-electron chi connectivity index (χ2n) is 3.47. The predicted octanol–water partition coefficient (Wildman–Crippen LogP) is -1.85. The number of aliphatic hydroxyl groups excluding tert-OH is 3. The van der Waals surface area contributed by atoms with Gasteiger partial charge in [-0.1, -0.05) is 0 Å². The van der Waals surface area contributed by atoms with Crippen LogP contribution in [0.1, 0.15) is 0 Å². The third-order valence-electron chi connectivity index (χ3n) is 2.74. The van der Waals surface area contributed by atoms with E-state index in [1.54, 1.807) is 0 Å². The first-order valence-corrected chi connectivity index (χ1v) is 4.37. The lowest BCUT2D eigenvalue weighted by Gasteiger charge is -2.17. The van der Waals surface area contributed by atoms with Crippen molar-refractivity contribution in [2.45, 2.75) is 24.4 Å². The molecule has 5 atom stereocenters. The molecule has 3 N–H and O–H groups in total. The Morgan fingerprint density at radius 2 is 2.14 bits per heavy atom. The Kier molecular flexibility index (Phi) is 2.26. The molecule has 1 heterocycles. The molecular formula is C8H12N2O4. The molecule has 1 saturated carbocycles. The van der Waals surface area contributed by atoms with E-state index in [4.69, 9.17) is 9.84 Å². The van der Waals surface area contributed by atoms with E-state index < -0.39 is 30.3 Å². The van der Waals surface area contributed by atoms with Crippen LogP contribution in [-0.2, 0) is 4.74 Å². The van der Waals surface area contributed by atoms with Crippen molar-refractivity contribution in [3.63, 3.8) is 0 Å². The fourth-order valence-corrected chi connectivity index (χ4v) is 1.97. The molecular weight excluding hydrogens is 188 g/mol. The van der Waals surface area contributed by atoms with Crippen molar-refractivity contribution < 1.29 is 20.1 Å². The molecule has 0 bridgehead atoms. The lowest BCUT2D eigenvalue weighted by molar-refractivity contribution is -0.00679. The standard InChI is InChI=1S/C8H12N2O4/c1-9-8-10-4-6(13)5(12)3(2-11)7(4)14-8/h3-7,11-13H,1-2H2/t3-,4+,5-,6-,7-/m0/s1. The van der Waals surface area contributed by atoms with Crippen LogP contribution in [-0.4, -0.2) is 59.0 Å². The first-order chi connectivity index (χ1) is 6.69. The molecule has 6 nitrogen and oxygen atoms in total. The fraction of sp³-hybridized carbons (Fsp3) is 0.750. The average molecular weight is 200 g/mol. The van der Waals surface area contributed by atoms with Gasteiger partial charge in [-0.3, -0.25) is 0 Å². The summed E-state index contributed by atoms with van der Waals surface area (Å²) in [6.45, 7) is 3.00. The summed E-state index contributed by atoms with van der Waals surface area (Å²) in [7, 11) is 0. The molecule has 0 spiro atoms. The van der Waals surface area contributed by atoms with E-state index in [0.717, 1.165) is 0 Å². The van der Waals surface area contributed by atoms with Gasteiger partial charge in [0.2, 0.25) is 0 Å². The Balaban J connectivity index is 2.22. The summed E-state index contributed by atoms with van der Waals surface area (Å²) in [6, 6.07) is -0.424. The van der Waals surface area contributed by atoms with Crippen LogP contribution < -0.4 is 0 Å².